The maximum Gasteiger partial charge on any atom is 0.396 e. The molecule has 0 spiro atoms. The molecule has 0 bridgehead atoms. The smallest absolute Gasteiger partial charge is 0.396 e. The second-order valence-electron chi connectivity index (χ2n) is 5.98. The lowest BCUT2D eigenvalue weighted by molar-refractivity contribution is -0.154. The molecule has 1 heterocycles. The maximum absolute atomic E-state index is 13.1. The van der Waals surface area contributed by atoms with E-state index in [1.165, 1.54) is 16.4 Å². The molecule has 1 amide bonds. The molecule has 1 N–H and O–H groups in total. The lowest BCUT2D eigenvalue weighted by Crippen LogP contribution is -2.45. The number of nitrogens with one attached hydrogen (secondary N) is 1. The number of piperidine rings is 1. The Morgan fingerprint density at radius 2 is 1.96 bits per heavy atom. The van der Waals surface area contributed by atoms with E-state index in [2.05, 4.69) is 10.1 Å². The first-order chi connectivity index (χ1) is 12.4. The number of halogens is 1. The Morgan fingerprint density at radius 3 is 2.62 bits per heavy atom. The maximum atomic E-state index is 13.1. The van der Waals surface area contributed by atoms with E-state index in [-0.39, 0.29) is 24.1 Å². The molecule has 0 radical (unpaired) electrons. The number of esters is 1. The van der Waals surface area contributed by atoms with Crippen molar-refractivity contribution >= 4 is 21.9 Å². The van der Waals surface area contributed by atoms with Crippen LogP contribution < -0.4 is 5.32 Å². The van der Waals surface area contributed by atoms with Gasteiger partial charge in [0, 0.05) is 19.1 Å². The summed E-state index contributed by atoms with van der Waals surface area (Å²) in [5, 5.41) is 2.45. The van der Waals surface area contributed by atoms with Crippen molar-refractivity contribution in [1.29, 1.82) is 0 Å². The number of carbonyl (C=O) groups is 2. The van der Waals surface area contributed by atoms with Gasteiger partial charge < -0.3 is 10.1 Å². The Kier molecular flexibility index (Phi) is 7.10. The zero-order chi connectivity index (χ0) is 19.2. The quantitative estimate of drug-likeness (QED) is 0.590. The molecule has 1 aromatic rings. The Bertz CT molecular complexity index is 736. The summed E-state index contributed by atoms with van der Waals surface area (Å²) in [6, 6.07) is 4.44. The van der Waals surface area contributed by atoms with Gasteiger partial charge in [0.05, 0.1) is 11.5 Å². The zero-order valence-corrected chi connectivity index (χ0v) is 15.4. The van der Waals surface area contributed by atoms with Gasteiger partial charge in [-0.15, -0.1) is 0 Å². The van der Waals surface area contributed by atoms with Crippen LogP contribution in [0.15, 0.2) is 29.2 Å². The average molecular weight is 386 g/mol. The summed E-state index contributed by atoms with van der Waals surface area (Å²) < 4.78 is 44.8. The molecule has 0 aliphatic carbocycles. The summed E-state index contributed by atoms with van der Waals surface area (Å²) in [7, 11) is -3.74. The molecule has 7 nitrogen and oxygen atoms in total. The topological polar surface area (TPSA) is 92.8 Å². The highest BCUT2D eigenvalue weighted by molar-refractivity contribution is 7.89. The second kappa shape index (κ2) is 9.09. The van der Waals surface area contributed by atoms with Gasteiger partial charge in [0.25, 0.3) is 0 Å². The molecule has 9 heteroatoms. The molecule has 1 aliphatic heterocycles. The first kappa shape index (κ1) is 20.3. The van der Waals surface area contributed by atoms with Crippen molar-refractivity contribution < 1.29 is 27.1 Å². The van der Waals surface area contributed by atoms with Crippen molar-refractivity contribution in [2.75, 3.05) is 19.7 Å². The van der Waals surface area contributed by atoms with Gasteiger partial charge in [-0.05, 0) is 50.5 Å². The molecule has 1 saturated heterocycles. The van der Waals surface area contributed by atoms with Gasteiger partial charge in [0.1, 0.15) is 5.82 Å². The Hall–Kier alpha value is -2.00. The lowest BCUT2D eigenvalue weighted by Gasteiger charge is -2.34. The van der Waals surface area contributed by atoms with Gasteiger partial charge >= 0.3 is 11.9 Å². The van der Waals surface area contributed by atoms with E-state index >= 15 is 0 Å². The molecule has 0 saturated carbocycles. The van der Waals surface area contributed by atoms with E-state index in [9.17, 15) is 22.4 Å². The molecule has 1 aromatic carbocycles. The van der Waals surface area contributed by atoms with Crippen molar-refractivity contribution in [3.05, 3.63) is 30.1 Å². The molecule has 0 aromatic heterocycles. The van der Waals surface area contributed by atoms with Crippen molar-refractivity contribution in [3.63, 3.8) is 0 Å². The van der Waals surface area contributed by atoms with Crippen LogP contribution in [0.4, 0.5) is 4.39 Å². The summed E-state index contributed by atoms with van der Waals surface area (Å²) in [6.45, 7) is 2.25. The number of carbonyl (C=O) groups excluding carboxylic acids is 2. The van der Waals surface area contributed by atoms with Crippen molar-refractivity contribution in [2.24, 2.45) is 0 Å². The first-order valence-electron chi connectivity index (χ1n) is 8.58. The fourth-order valence-electron chi connectivity index (χ4n) is 2.94. The number of benzene rings is 1. The highest BCUT2D eigenvalue weighted by atomic mass is 32.2. The number of sulfonamides is 1. The van der Waals surface area contributed by atoms with Crippen LogP contribution in [0.5, 0.6) is 0 Å². The number of hydrogen-bond acceptors (Lipinski definition) is 5. The largest absolute Gasteiger partial charge is 0.459 e. The predicted octanol–water partition coefficient (Wildman–Crippen LogP) is 1.44. The van der Waals surface area contributed by atoms with Crippen LogP contribution in [0, 0.1) is 5.82 Å². The van der Waals surface area contributed by atoms with Gasteiger partial charge in [-0.2, -0.15) is 4.31 Å². The Labute approximate surface area is 152 Å². The van der Waals surface area contributed by atoms with E-state index < -0.39 is 27.7 Å². The predicted molar refractivity (Wildman–Crippen MR) is 92.2 cm³/mol. The Balaban J connectivity index is 2.02. The van der Waals surface area contributed by atoms with E-state index in [0.717, 1.165) is 25.0 Å². The molecule has 1 atom stereocenters. The van der Waals surface area contributed by atoms with Crippen molar-refractivity contribution in [2.45, 2.75) is 43.5 Å². The minimum atomic E-state index is -3.74. The third-order valence-corrected chi connectivity index (χ3v) is 6.18. The van der Waals surface area contributed by atoms with Crippen LogP contribution in [0.2, 0.25) is 0 Å². The first-order valence-corrected chi connectivity index (χ1v) is 10.0. The van der Waals surface area contributed by atoms with Gasteiger partial charge in [-0.3, -0.25) is 4.79 Å². The summed E-state index contributed by atoms with van der Waals surface area (Å²) in [6.07, 6.45) is 2.67. The monoisotopic (exact) mass is 386 g/mol. The number of hydrogen-bond donors (Lipinski definition) is 1. The SMILES string of the molecule is CCOC(=O)C(=O)NCCC1CCCCN1S(=O)(=O)c1ccc(F)cc1. The third-order valence-electron chi connectivity index (χ3n) is 4.22. The fourth-order valence-corrected chi connectivity index (χ4v) is 4.67. The van der Waals surface area contributed by atoms with Crippen LogP contribution in [-0.2, 0) is 24.3 Å². The van der Waals surface area contributed by atoms with E-state index in [1.54, 1.807) is 6.92 Å². The summed E-state index contributed by atoms with van der Waals surface area (Å²) in [4.78, 5) is 22.9. The molecular weight excluding hydrogens is 363 g/mol. The average Bonchev–Trinajstić information content (AvgIpc) is 2.62. The van der Waals surface area contributed by atoms with Gasteiger partial charge in [0.2, 0.25) is 10.0 Å². The van der Waals surface area contributed by atoms with Crippen LogP contribution in [0.25, 0.3) is 0 Å². The number of amides is 1. The number of rotatable bonds is 6. The number of nitrogens with zero attached hydrogens (tertiary/aromatic N) is 1. The normalized spacial score (nSPS) is 18.3. The van der Waals surface area contributed by atoms with E-state index in [0.29, 0.717) is 19.4 Å². The van der Waals surface area contributed by atoms with Crippen LogP contribution in [0.1, 0.15) is 32.6 Å². The van der Waals surface area contributed by atoms with E-state index in [1.807, 2.05) is 0 Å². The summed E-state index contributed by atoms with van der Waals surface area (Å²) in [5.41, 5.74) is 0. The van der Waals surface area contributed by atoms with E-state index in [4.69, 9.17) is 0 Å². The number of ether oxygens (including phenoxy) is 1. The molecule has 26 heavy (non-hydrogen) atoms. The standard InChI is InChI=1S/C17H23FN2O5S/c1-2-25-17(22)16(21)19-11-10-14-5-3-4-12-20(14)26(23,24)15-8-6-13(18)7-9-15/h6-9,14H,2-5,10-12H2,1H3,(H,19,21). The Morgan fingerprint density at radius 1 is 1.27 bits per heavy atom. The minimum Gasteiger partial charge on any atom is -0.459 e. The lowest BCUT2D eigenvalue weighted by atomic mass is 10.0. The zero-order valence-electron chi connectivity index (χ0n) is 14.6. The van der Waals surface area contributed by atoms with Gasteiger partial charge in [-0.1, -0.05) is 6.42 Å². The van der Waals surface area contributed by atoms with Crippen LogP contribution >= 0.6 is 0 Å². The highest BCUT2D eigenvalue weighted by Gasteiger charge is 2.33. The highest BCUT2D eigenvalue weighted by Crippen LogP contribution is 2.27. The fraction of sp³-hybridized carbons (Fsp3) is 0.529. The van der Waals surface area contributed by atoms with Gasteiger partial charge in [-0.25, -0.2) is 17.6 Å². The third kappa shape index (κ3) is 5.01. The van der Waals surface area contributed by atoms with Gasteiger partial charge in [0.15, 0.2) is 0 Å². The van der Waals surface area contributed by atoms with Crippen LogP contribution in [0.3, 0.4) is 0 Å². The minimum absolute atomic E-state index is 0.0429. The molecule has 2 rings (SSSR count). The molecule has 1 unspecified atom stereocenters. The second-order valence-corrected chi connectivity index (χ2v) is 7.87. The summed E-state index contributed by atoms with van der Waals surface area (Å²) >= 11 is 0. The molecule has 1 aliphatic rings. The van der Waals surface area contributed by atoms with Crippen LogP contribution in [-0.4, -0.2) is 50.3 Å². The van der Waals surface area contributed by atoms with Crippen molar-refractivity contribution in [3.8, 4) is 0 Å². The molecular formula is C17H23FN2O5S. The summed E-state index contributed by atoms with van der Waals surface area (Å²) in [5.74, 6) is -2.29. The molecule has 1 fully saturated rings. The van der Waals surface area contributed by atoms with Crippen molar-refractivity contribution in [1.82, 2.24) is 9.62 Å². The molecule has 144 valence electrons.